The molecule has 0 spiro atoms. The van der Waals surface area contributed by atoms with E-state index in [9.17, 15) is 4.79 Å². The average Bonchev–Trinajstić information content (AvgIpc) is 2.70. The molecule has 96 valence electrons. The van der Waals surface area contributed by atoms with Crippen LogP contribution in [0.15, 0.2) is 6.20 Å². The molecule has 5 heteroatoms. The quantitative estimate of drug-likeness (QED) is 0.753. The van der Waals surface area contributed by atoms with Gasteiger partial charge >= 0.3 is 5.97 Å². The van der Waals surface area contributed by atoms with Gasteiger partial charge in [0.15, 0.2) is 0 Å². The second kappa shape index (κ2) is 6.39. The molecule has 0 saturated heterocycles. The summed E-state index contributed by atoms with van der Waals surface area (Å²) in [6, 6.07) is -0.245. The second-order valence-corrected chi connectivity index (χ2v) is 3.99. The monoisotopic (exact) mass is 239 g/mol. The molecule has 0 amide bonds. The maximum atomic E-state index is 11.4. The van der Waals surface area contributed by atoms with Gasteiger partial charge in [-0.3, -0.25) is 9.48 Å². The predicted molar refractivity (Wildman–Crippen MR) is 65.5 cm³/mol. The second-order valence-electron chi connectivity index (χ2n) is 3.99. The van der Waals surface area contributed by atoms with Gasteiger partial charge in [0, 0.05) is 25.4 Å². The first kappa shape index (κ1) is 13.7. The van der Waals surface area contributed by atoms with E-state index in [-0.39, 0.29) is 12.0 Å². The van der Waals surface area contributed by atoms with E-state index in [4.69, 9.17) is 4.74 Å². The predicted octanol–water partition coefficient (Wildman–Crippen LogP) is 1.02. The summed E-state index contributed by atoms with van der Waals surface area (Å²) in [7, 11) is 3.31. The zero-order chi connectivity index (χ0) is 12.8. The van der Waals surface area contributed by atoms with Gasteiger partial charge in [0.2, 0.25) is 0 Å². The van der Waals surface area contributed by atoms with Crippen LogP contribution in [0.4, 0.5) is 0 Å². The summed E-state index contributed by atoms with van der Waals surface area (Å²) >= 11 is 0. The molecule has 1 N–H and O–H groups in total. The van der Waals surface area contributed by atoms with Crippen LogP contribution in [-0.4, -0.2) is 28.9 Å². The third-order valence-corrected chi connectivity index (χ3v) is 2.76. The molecule has 0 aliphatic rings. The SMILES string of the molecule is CCc1nn(C)cc1CNC(CC)C(=O)OC. The van der Waals surface area contributed by atoms with Crippen LogP contribution in [0.3, 0.4) is 0 Å². The number of ether oxygens (including phenoxy) is 1. The Labute approximate surface area is 102 Å². The molecule has 0 saturated carbocycles. The number of rotatable bonds is 6. The highest BCUT2D eigenvalue weighted by Crippen LogP contribution is 2.07. The number of nitrogens with one attached hydrogen (secondary N) is 1. The lowest BCUT2D eigenvalue weighted by molar-refractivity contribution is -0.143. The Balaban J connectivity index is 2.62. The first-order valence-electron chi connectivity index (χ1n) is 5.94. The van der Waals surface area contributed by atoms with Crippen LogP contribution in [0, 0.1) is 0 Å². The third kappa shape index (κ3) is 3.56. The molecule has 0 aliphatic heterocycles. The molecule has 0 aliphatic carbocycles. The molecule has 5 nitrogen and oxygen atoms in total. The van der Waals surface area contributed by atoms with Crippen molar-refractivity contribution < 1.29 is 9.53 Å². The molecule has 1 heterocycles. The van der Waals surface area contributed by atoms with Crippen molar-refractivity contribution in [3.05, 3.63) is 17.5 Å². The Hall–Kier alpha value is -1.36. The van der Waals surface area contributed by atoms with Gasteiger partial charge in [-0.05, 0) is 12.8 Å². The van der Waals surface area contributed by atoms with Gasteiger partial charge in [0.05, 0.1) is 12.8 Å². The Morgan fingerprint density at radius 3 is 2.82 bits per heavy atom. The zero-order valence-corrected chi connectivity index (χ0v) is 11.0. The van der Waals surface area contributed by atoms with Crippen molar-refractivity contribution in [2.24, 2.45) is 7.05 Å². The Bertz CT molecular complexity index is 374. The minimum absolute atomic E-state index is 0.213. The maximum absolute atomic E-state index is 11.4. The Morgan fingerprint density at radius 1 is 1.59 bits per heavy atom. The van der Waals surface area contributed by atoms with E-state index < -0.39 is 0 Å². The van der Waals surface area contributed by atoms with E-state index in [1.807, 2.05) is 20.2 Å². The van der Waals surface area contributed by atoms with Gasteiger partial charge in [-0.2, -0.15) is 5.10 Å². The number of aryl methyl sites for hydroxylation is 2. The highest BCUT2D eigenvalue weighted by Gasteiger charge is 2.16. The standard InChI is InChI=1S/C12H21N3O2/c1-5-10-9(8-15(3)14-10)7-13-11(6-2)12(16)17-4/h8,11,13H,5-7H2,1-4H3. The molecule has 0 bridgehead atoms. The summed E-state index contributed by atoms with van der Waals surface area (Å²) < 4.78 is 6.53. The van der Waals surface area contributed by atoms with Crippen molar-refractivity contribution in [1.82, 2.24) is 15.1 Å². The van der Waals surface area contributed by atoms with Crippen LogP contribution in [0.5, 0.6) is 0 Å². The molecule has 1 unspecified atom stereocenters. The van der Waals surface area contributed by atoms with Crippen molar-refractivity contribution in [1.29, 1.82) is 0 Å². The smallest absolute Gasteiger partial charge is 0.322 e. The topological polar surface area (TPSA) is 56.2 Å². The van der Waals surface area contributed by atoms with Crippen molar-refractivity contribution >= 4 is 5.97 Å². The lowest BCUT2D eigenvalue weighted by atomic mass is 10.2. The number of esters is 1. The molecule has 0 aromatic carbocycles. The van der Waals surface area contributed by atoms with Crippen molar-refractivity contribution in [2.75, 3.05) is 7.11 Å². The molecule has 1 atom stereocenters. The van der Waals surface area contributed by atoms with Crippen LogP contribution in [-0.2, 0) is 29.5 Å². The number of hydrogen-bond acceptors (Lipinski definition) is 4. The fourth-order valence-corrected chi connectivity index (χ4v) is 1.80. The van der Waals surface area contributed by atoms with Gasteiger partial charge in [0.25, 0.3) is 0 Å². The highest BCUT2D eigenvalue weighted by atomic mass is 16.5. The molecule has 0 radical (unpaired) electrons. The summed E-state index contributed by atoms with van der Waals surface area (Å²) in [5, 5.41) is 7.55. The fourth-order valence-electron chi connectivity index (χ4n) is 1.80. The van der Waals surface area contributed by atoms with Gasteiger partial charge in [-0.25, -0.2) is 0 Å². The minimum atomic E-state index is -0.245. The number of methoxy groups -OCH3 is 1. The van der Waals surface area contributed by atoms with Gasteiger partial charge < -0.3 is 10.1 Å². The van der Waals surface area contributed by atoms with E-state index in [0.717, 1.165) is 17.7 Å². The van der Waals surface area contributed by atoms with Crippen molar-refractivity contribution in [3.63, 3.8) is 0 Å². The Kier molecular flexibility index (Phi) is 5.15. The molecule has 0 fully saturated rings. The van der Waals surface area contributed by atoms with Crippen molar-refractivity contribution in [2.45, 2.75) is 39.3 Å². The largest absolute Gasteiger partial charge is 0.468 e. The normalized spacial score (nSPS) is 12.5. The van der Waals surface area contributed by atoms with E-state index in [1.165, 1.54) is 7.11 Å². The summed E-state index contributed by atoms with van der Waals surface area (Å²) in [4.78, 5) is 11.4. The maximum Gasteiger partial charge on any atom is 0.322 e. The summed E-state index contributed by atoms with van der Waals surface area (Å²) in [5.41, 5.74) is 2.21. The lowest BCUT2D eigenvalue weighted by Gasteiger charge is -2.13. The molecular weight excluding hydrogens is 218 g/mol. The molecule has 1 aromatic heterocycles. The summed E-state index contributed by atoms with van der Waals surface area (Å²) in [5.74, 6) is -0.213. The number of carbonyl (C=O) groups excluding carboxylic acids is 1. The number of carbonyl (C=O) groups is 1. The van der Waals surface area contributed by atoms with E-state index >= 15 is 0 Å². The summed E-state index contributed by atoms with van der Waals surface area (Å²) in [6.45, 7) is 4.67. The van der Waals surface area contributed by atoms with Crippen LogP contribution in [0.1, 0.15) is 31.5 Å². The Morgan fingerprint density at radius 2 is 2.29 bits per heavy atom. The van der Waals surface area contributed by atoms with Crippen molar-refractivity contribution in [3.8, 4) is 0 Å². The lowest BCUT2D eigenvalue weighted by Crippen LogP contribution is -2.36. The zero-order valence-electron chi connectivity index (χ0n) is 11.0. The minimum Gasteiger partial charge on any atom is -0.468 e. The first-order chi connectivity index (χ1) is 8.12. The van der Waals surface area contributed by atoms with Crippen LogP contribution in [0.25, 0.3) is 0 Å². The molecule has 1 rings (SSSR count). The van der Waals surface area contributed by atoms with E-state index in [2.05, 4.69) is 17.3 Å². The molecule has 17 heavy (non-hydrogen) atoms. The number of aromatic nitrogens is 2. The fraction of sp³-hybridized carbons (Fsp3) is 0.667. The van der Waals surface area contributed by atoms with E-state index in [0.29, 0.717) is 13.0 Å². The van der Waals surface area contributed by atoms with Gasteiger partial charge in [-0.15, -0.1) is 0 Å². The average molecular weight is 239 g/mol. The van der Waals surface area contributed by atoms with Crippen LogP contribution in [0.2, 0.25) is 0 Å². The van der Waals surface area contributed by atoms with Gasteiger partial charge in [-0.1, -0.05) is 13.8 Å². The van der Waals surface area contributed by atoms with Crippen LogP contribution >= 0.6 is 0 Å². The van der Waals surface area contributed by atoms with Gasteiger partial charge in [0.1, 0.15) is 6.04 Å². The van der Waals surface area contributed by atoms with Crippen LogP contribution < -0.4 is 5.32 Å². The first-order valence-corrected chi connectivity index (χ1v) is 5.94. The highest BCUT2D eigenvalue weighted by molar-refractivity contribution is 5.75. The van der Waals surface area contributed by atoms with E-state index in [1.54, 1.807) is 4.68 Å². The number of nitrogens with zero attached hydrogens (tertiary/aromatic N) is 2. The molecular formula is C12H21N3O2. The number of hydrogen-bond donors (Lipinski definition) is 1. The molecule has 1 aromatic rings. The summed E-state index contributed by atoms with van der Waals surface area (Å²) in [6.07, 6.45) is 3.59. The third-order valence-electron chi connectivity index (χ3n) is 2.76.